The Hall–Kier alpha value is -3.77. The van der Waals surface area contributed by atoms with E-state index in [-0.39, 0.29) is 12.1 Å². The number of hydrogen-bond donors (Lipinski definition) is 0. The Labute approximate surface area is 252 Å². The standard InChI is InChI=1S/C40H40NP/c1-27-19-28(2)22-39(21-27)42(40-23-29(3)20-30(4)24-40)41(31(5)35-17-15-33-11-7-9-13-37(33)25-35)32(6)36-18-16-34-12-8-10-14-38(34)26-36/h7-26,31-32H,1-6H3/t31-,32-/m0/s1. The van der Waals surface area contributed by atoms with Crippen molar-refractivity contribution in [3.63, 3.8) is 0 Å². The van der Waals surface area contributed by atoms with Gasteiger partial charge in [0.15, 0.2) is 0 Å². The van der Waals surface area contributed by atoms with Gasteiger partial charge in [-0.05, 0) is 121 Å². The predicted octanol–water partition coefficient (Wildman–Crippen LogP) is 10.4. The molecule has 0 amide bonds. The van der Waals surface area contributed by atoms with Crippen LogP contribution in [0.4, 0.5) is 0 Å². The summed E-state index contributed by atoms with van der Waals surface area (Å²) in [6.45, 7) is 13.7. The molecule has 0 unspecified atom stereocenters. The molecule has 6 aromatic carbocycles. The summed E-state index contributed by atoms with van der Waals surface area (Å²) < 4.78 is 2.81. The molecule has 0 heterocycles. The highest BCUT2D eigenvalue weighted by molar-refractivity contribution is 7.70. The van der Waals surface area contributed by atoms with Gasteiger partial charge in [0.2, 0.25) is 0 Å². The van der Waals surface area contributed by atoms with Gasteiger partial charge in [0.05, 0.1) is 0 Å². The van der Waals surface area contributed by atoms with E-state index < -0.39 is 8.07 Å². The Morgan fingerprint density at radius 2 is 0.786 bits per heavy atom. The fourth-order valence-electron chi connectivity index (χ4n) is 6.48. The first-order valence-electron chi connectivity index (χ1n) is 15.0. The summed E-state index contributed by atoms with van der Waals surface area (Å²) in [5.74, 6) is 0. The van der Waals surface area contributed by atoms with Crippen LogP contribution in [-0.4, -0.2) is 4.67 Å². The van der Waals surface area contributed by atoms with E-state index in [2.05, 4.69) is 168 Å². The normalized spacial score (nSPS) is 13.2. The molecule has 6 rings (SSSR count). The third kappa shape index (κ3) is 5.78. The van der Waals surface area contributed by atoms with Crippen molar-refractivity contribution >= 4 is 40.2 Å². The lowest BCUT2D eigenvalue weighted by Gasteiger charge is -2.42. The number of rotatable bonds is 7. The fourth-order valence-corrected chi connectivity index (χ4v) is 9.58. The molecule has 0 radical (unpaired) electrons. The van der Waals surface area contributed by atoms with E-state index in [4.69, 9.17) is 0 Å². The summed E-state index contributed by atoms with van der Waals surface area (Å²) in [6.07, 6.45) is 0. The Morgan fingerprint density at radius 1 is 0.429 bits per heavy atom. The SMILES string of the molecule is Cc1cc(C)cc(P(c2cc(C)cc(C)c2)N([C@@H](C)c2ccc3ccccc3c2)[C@@H](C)c2ccc3ccccc3c2)c1. The summed E-state index contributed by atoms with van der Waals surface area (Å²) in [5.41, 5.74) is 7.97. The van der Waals surface area contributed by atoms with Crippen LogP contribution in [0.3, 0.4) is 0 Å². The summed E-state index contributed by atoms with van der Waals surface area (Å²) in [6, 6.07) is 46.1. The first-order valence-corrected chi connectivity index (χ1v) is 16.3. The minimum atomic E-state index is -0.858. The number of aryl methyl sites for hydroxylation is 4. The first kappa shape index (κ1) is 28.4. The van der Waals surface area contributed by atoms with Gasteiger partial charge in [0.1, 0.15) is 0 Å². The third-order valence-electron chi connectivity index (χ3n) is 8.44. The van der Waals surface area contributed by atoms with E-state index in [0.717, 1.165) is 0 Å². The molecular formula is C40H40NP. The lowest BCUT2D eigenvalue weighted by atomic mass is 9.99. The van der Waals surface area contributed by atoms with Crippen LogP contribution in [0, 0.1) is 27.7 Å². The number of hydrogen-bond acceptors (Lipinski definition) is 1. The Balaban J connectivity index is 1.58. The van der Waals surface area contributed by atoms with Gasteiger partial charge in [-0.1, -0.05) is 107 Å². The molecule has 6 aromatic rings. The molecule has 0 bridgehead atoms. The van der Waals surface area contributed by atoms with Crippen LogP contribution in [0.2, 0.25) is 0 Å². The maximum absolute atomic E-state index is 2.81. The Morgan fingerprint density at radius 3 is 1.17 bits per heavy atom. The Bertz CT molecular complexity index is 1710. The fraction of sp³-hybridized carbons (Fsp3) is 0.200. The molecule has 0 spiro atoms. The number of fused-ring (bicyclic) bond motifs is 2. The second-order valence-electron chi connectivity index (χ2n) is 11.9. The highest BCUT2D eigenvalue weighted by Crippen LogP contribution is 2.51. The number of nitrogens with zero attached hydrogens (tertiary/aromatic N) is 1. The topological polar surface area (TPSA) is 3.24 Å². The van der Waals surface area contributed by atoms with E-state index >= 15 is 0 Å². The molecule has 2 heteroatoms. The lowest BCUT2D eigenvalue weighted by Crippen LogP contribution is -2.33. The van der Waals surface area contributed by atoms with Crippen molar-refractivity contribution in [3.8, 4) is 0 Å². The van der Waals surface area contributed by atoms with Crippen LogP contribution in [0.15, 0.2) is 121 Å². The number of benzene rings is 6. The van der Waals surface area contributed by atoms with Crippen molar-refractivity contribution in [2.45, 2.75) is 53.6 Å². The van der Waals surface area contributed by atoms with Crippen molar-refractivity contribution in [1.29, 1.82) is 0 Å². The summed E-state index contributed by atoms with van der Waals surface area (Å²) in [4.78, 5) is 0. The molecule has 2 atom stereocenters. The molecule has 210 valence electrons. The van der Waals surface area contributed by atoms with E-state index in [1.54, 1.807) is 0 Å². The molecule has 0 fully saturated rings. The lowest BCUT2D eigenvalue weighted by molar-refractivity contribution is 0.303. The highest BCUT2D eigenvalue weighted by atomic mass is 31.1. The van der Waals surface area contributed by atoms with E-state index in [0.29, 0.717) is 0 Å². The predicted molar refractivity (Wildman–Crippen MR) is 185 cm³/mol. The molecule has 0 saturated carbocycles. The summed E-state index contributed by atoms with van der Waals surface area (Å²) in [7, 11) is -0.858. The van der Waals surface area contributed by atoms with E-state index in [1.165, 1.54) is 65.5 Å². The minimum Gasteiger partial charge on any atom is -0.261 e. The first-order chi connectivity index (χ1) is 20.3. The minimum absolute atomic E-state index is 0.184. The quantitative estimate of drug-likeness (QED) is 0.174. The molecular weight excluding hydrogens is 525 g/mol. The van der Waals surface area contributed by atoms with Crippen molar-refractivity contribution in [2.75, 3.05) is 0 Å². The van der Waals surface area contributed by atoms with Crippen molar-refractivity contribution < 1.29 is 0 Å². The third-order valence-corrected chi connectivity index (χ3v) is 11.1. The van der Waals surface area contributed by atoms with Gasteiger partial charge in [-0.25, -0.2) is 0 Å². The van der Waals surface area contributed by atoms with Gasteiger partial charge in [-0.2, -0.15) is 0 Å². The maximum Gasteiger partial charge on any atom is 0.0369 e. The van der Waals surface area contributed by atoms with Gasteiger partial charge in [-0.3, -0.25) is 4.67 Å². The van der Waals surface area contributed by atoms with Crippen LogP contribution in [-0.2, 0) is 0 Å². The van der Waals surface area contributed by atoms with Crippen molar-refractivity contribution in [2.24, 2.45) is 0 Å². The van der Waals surface area contributed by atoms with Gasteiger partial charge in [0, 0.05) is 20.2 Å². The zero-order valence-electron chi connectivity index (χ0n) is 25.6. The molecule has 0 N–H and O–H groups in total. The van der Waals surface area contributed by atoms with E-state index in [1.807, 2.05) is 0 Å². The average Bonchev–Trinajstić information content (AvgIpc) is 2.97. The zero-order valence-corrected chi connectivity index (χ0v) is 26.5. The van der Waals surface area contributed by atoms with Crippen LogP contribution >= 0.6 is 8.07 Å². The van der Waals surface area contributed by atoms with Crippen LogP contribution in [0.1, 0.15) is 59.3 Å². The molecule has 0 aliphatic heterocycles. The smallest absolute Gasteiger partial charge is 0.0369 e. The monoisotopic (exact) mass is 565 g/mol. The van der Waals surface area contributed by atoms with Crippen molar-refractivity contribution in [1.82, 2.24) is 4.67 Å². The van der Waals surface area contributed by atoms with Gasteiger partial charge >= 0.3 is 0 Å². The van der Waals surface area contributed by atoms with Crippen LogP contribution in [0.5, 0.6) is 0 Å². The van der Waals surface area contributed by atoms with Gasteiger partial charge < -0.3 is 0 Å². The zero-order chi connectivity index (χ0) is 29.4. The van der Waals surface area contributed by atoms with Crippen LogP contribution < -0.4 is 10.6 Å². The van der Waals surface area contributed by atoms with E-state index in [9.17, 15) is 0 Å². The van der Waals surface area contributed by atoms with Gasteiger partial charge in [0.25, 0.3) is 0 Å². The molecule has 0 saturated heterocycles. The highest BCUT2D eigenvalue weighted by Gasteiger charge is 2.33. The molecule has 0 aliphatic carbocycles. The average molecular weight is 566 g/mol. The molecule has 0 aliphatic rings. The maximum atomic E-state index is 2.81. The molecule has 0 aromatic heterocycles. The van der Waals surface area contributed by atoms with Gasteiger partial charge in [-0.15, -0.1) is 0 Å². The van der Waals surface area contributed by atoms with Crippen molar-refractivity contribution in [3.05, 3.63) is 155 Å². The second kappa shape index (κ2) is 11.8. The Kier molecular flexibility index (Phi) is 8.00. The largest absolute Gasteiger partial charge is 0.261 e. The molecule has 42 heavy (non-hydrogen) atoms. The molecule has 1 nitrogen and oxygen atoms in total. The summed E-state index contributed by atoms with van der Waals surface area (Å²) >= 11 is 0. The summed E-state index contributed by atoms with van der Waals surface area (Å²) in [5, 5.41) is 7.98. The second-order valence-corrected chi connectivity index (χ2v) is 14.1. The van der Waals surface area contributed by atoms with Crippen LogP contribution in [0.25, 0.3) is 21.5 Å².